The lowest BCUT2D eigenvalue weighted by atomic mass is 9.75. The standard InChI is InChI=1S/C14H18F2N2/c1-9-3-2-6-14(7-9)8-17-11-5-4-10(15)12(16)13(11)18-14/h4-5,9,17-18H,2-3,6-8H2,1H3. The van der Waals surface area contributed by atoms with Gasteiger partial charge in [0.1, 0.15) is 0 Å². The topological polar surface area (TPSA) is 24.1 Å². The van der Waals surface area contributed by atoms with Gasteiger partial charge in [-0.25, -0.2) is 8.78 Å². The molecule has 1 saturated carbocycles. The summed E-state index contributed by atoms with van der Waals surface area (Å²) in [5, 5.41) is 6.52. The van der Waals surface area contributed by atoms with Crippen LogP contribution >= 0.6 is 0 Å². The van der Waals surface area contributed by atoms with Crippen molar-refractivity contribution in [3.8, 4) is 0 Å². The van der Waals surface area contributed by atoms with Crippen molar-refractivity contribution in [2.45, 2.75) is 38.1 Å². The molecule has 1 aromatic rings. The van der Waals surface area contributed by atoms with E-state index in [1.165, 1.54) is 12.5 Å². The Hall–Kier alpha value is -1.32. The average Bonchev–Trinajstić information content (AvgIpc) is 2.35. The van der Waals surface area contributed by atoms with Gasteiger partial charge in [0, 0.05) is 6.54 Å². The summed E-state index contributed by atoms with van der Waals surface area (Å²) >= 11 is 0. The smallest absolute Gasteiger partial charge is 0.184 e. The van der Waals surface area contributed by atoms with Crippen LogP contribution in [-0.2, 0) is 0 Å². The highest BCUT2D eigenvalue weighted by Crippen LogP contribution is 2.41. The predicted octanol–water partition coefficient (Wildman–Crippen LogP) is 3.75. The second-order valence-corrected chi connectivity index (χ2v) is 5.74. The Bertz CT molecular complexity index is 475. The van der Waals surface area contributed by atoms with Gasteiger partial charge in [-0.05, 0) is 30.9 Å². The van der Waals surface area contributed by atoms with Crippen molar-refractivity contribution in [3.63, 3.8) is 0 Å². The Balaban J connectivity index is 1.94. The van der Waals surface area contributed by atoms with E-state index in [-0.39, 0.29) is 5.54 Å². The van der Waals surface area contributed by atoms with Crippen LogP contribution in [0.3, 0.4) is 0 Å². The van der Waals surface area contributed by atoms with E-state index in [2.05, 4.69) is 17.6 Å². The fourth-order valence-electron chi connectivity index (χ4n) is 3.33. The number of benzene rings is 1. The number of nitrogens with one attached hydrogen (secondary N) is 2. The van der Waals surface area contributed by atoms with E-state index in [1.54, 1.807) is 6.07 Å². The molecule has 2 atom stereocenters. The number of hydrogen-bond donors (Lipinski definition) is 2. The molecule has 2 nitrogen and oxygen atoms in total. The van der Waals surface area contributed by atoms with Crippen LogP contribution in [0.1, 0.15) is 32.6 Å². The maximum absolute atomic E-state index is 13.8. The molecule has 4 heteroatoms. The van der Waals surface area contributed by atoms with Gasteiger partial charge < -0.3 is 10.6 Å². The van der Waals surface area contributed by atoms with E-state index in [0.717, 1.165) is 25.8 Å². The molecule has 18 heavy (non-hydrogen) atoms. The molecule has 1 spiro atoms. The Morgan fingerprint density at radius 1 is 1.33 bits per heavy atom. The van der Waals surface area contributed by atoms with Crippen molar-refractivity contribution in [2.75, 3.05) is 17.2 Å². The minimum absolute atomic E-state index is 0.112. The molecule has 0 amide bonds. The van der Waals surface area contributed by atoms with Gasteiger partial charge in [-0.15, -0.1) is 0 Å². The van der Waals surface area contributed by atoms with Gasteiger partial charge in [0.15, 0.2) is 11.6 Å². The first kappa shape index (κ1) is 11.8. The fourth-order valence-corrected chi connectivity index (χ4v) is 3.33. The lowest BCUT2D eigenvalue weighted by Gasteiger charge is -2.45. The molecular formula is C14H18F2N2. The summed E-state index contributed by atoms with van der Waals surface area (Å²) in [6, 6.07) is 2.77. The molecule has 2 N–H and O–H groups in total. The SMILES string of the molecule is CC1CCCC2(CNc3ccc(F)c(F)c3N2)C1. The highest BCUT2D eigenvalue weighted by atomic mass is 19.2. The van der Waals surface area contributed by atoms with Crippen LogP contribution in [0, 0.1) is 17.6 Å². The van der Waals surface area contributed by atoms with Crippen LogP contribution in [0.2, 0.25) is 0 Å². The average molecular weight is 252 g/mol. The molecule has 1 heterocycles. The third kappa shape index (κ3) is 1.84. The molecule has 1 fully saturated rings. The van der Waals surface area contributed by atoms with E-state index in [0.29, 0.717) is 17.3 Å². The minimum Gasteiger partial charge on any atom is -0.381 e. The molecule has 0 radical (unpaired) electrons. The Morgan fingerprint density at radius 3 is 2.94 bits per heavy atom. The first-order valence-corrected chi connectivity index (χ1v) is 6.60. The molecule has 0 saturated heterocycles. The van der Waals surface area contributed by atoms with E-state index < -0.39 is 11.6 Å². The lowest BCUT2D eigenvalue weighted by molar-refractivity contribution is 0.265. The summed E-state index contributed by atoms with van der Waals surface area (Å²) in [6.45, 7) is 3.01. The summed E-state index contributed by atoms with van der Waals surface area (Å²) in [5.41, 5.74) is 0.854. The van der Waals surface area contributed by atoms with E-state index >= 15 is 0 Å². The Morgan fingerprint density at radius 2 is 2.17 bits per heavy atom. The Labute approximate surface area is 106 Å². The maximum atomic E-state index is 13.8. The summed E-state index contributed by atoms with van der Waals surface area (Å²) < 4.78 is 27.1. The third-order valence-electron chi connectivity index (χ3n) is 4.19. The van der Waals surface area contributed by atoms with Crippen molar-refractivity contribution in [2.24, 2.45) is 5.92 Å². The molecule has 1 aliphatic carbocycles. The molecule has 98 valence electrons. The molecule has 2 unspecified atom stereocenters. The largest absolute Gasteiger partial charge is 0.381 e. The van der Waals surface area contributed by atoms with Crippen LogP contribution in [0.25, 0.3) is 0 Å². The Kier molecular flexibility index (Phi) is 2.68. The fraction of sp³-hybridized carbons (Fsp3) is 0.571. The molecule has 0 aromatic heterocycles. The first-order valence-electron chi connectivity index (χ1n) is 6.60. The first-order chi connectivity index (χ1) is 8.60. The highest BCUT2D eigenvalue weighted by Gasteiger charge is 2.38. The molecule has 1 aliphatic heterocycles. The summed E-state index contributed by atoms with van der Waals surface area (Å²) in [4.78, 5) is 0. The molecule has 1 aromatic carbocycles. The van der Waals surface area contributed by atoms with Gasteiger partial charge in [-0.2, -0.15) is 0 Å². The highest BCUT2D eigenvalue weighted by molar-refractivity contribution is 5.73. The number of hydrogen-bond acceptors (Lipinski definition) is 2. The van der Waals surface area contributed by atoms with Crippen LogP contribution in [0.5, 0.6) is 0 Å². The van der Waals surface area contributed by atoms with Crippen LogP contribution in [-0.4, -0.2) is 12.1 Å². The zero-order chi connectivity index (χ0) is 12.8. The zero-order valence-corrected chi connectivity index (χ0v) is 10.5. The van der Waals surface area contributed by atoms with E-state index in [1.807, 2.05) is 0 Å². The van der Waals surface area contributed by atoms with Crippen molar-refractivity contribution >= 4 is 11.4 Å². The molecular weight excluding hydrogens is 234 g/mol. The second kappa shape index (κ2) is 4.11. The summed E-state index contributed by atoms with van der Waals surface area (Å²) in [7, 11) is 0. The third-order valence-corrected chi connectivity index (χ3v) is 4.19. The quantitative estimate of drug-likeness (QED) is 0.734. The van der Waals surface area contributed by atoms with Crippen LogP contribution in [0.15, 0.2) is 12.1 Å². The van der Waals surface area contributed by atoms with Gasteiger partial charge in [-0.3, -0.25) is 0 Å². The normalized spacial score (nSPS) is 30.5. The predicted molar refractivity (Wildman–Crippen MR) is 68.8 cm³/mol. The van der Waals surface area contributed by atoms with Gasteiger partial charge in [0.25, 0.3) is 0 Å². The monoisotopic (exact) mass is 252 g/mol. The van der Waals surface area contributed by atoms with Gasteiger partial charge in [0.05, 0.1) is 16.9 Å². The summed E-state index contributed by atoms with van der Waals surface area (Å²) in [5.74, 6) is -0.924. The van der Waals surface area contributed by atoms with Gasteiger partial charge in [-0.1, -0.05) is 19.8 Å². The van der Waals surface area contributed by atoms with Crippen molar-refractivity contribution in [1.29, 1.82) is 0 Å². The van der Waals surface area contributed by atoms with Gasteiger partial charge in [0.2, 0.25) is 0 Å². The number of anilines is 2. The number of halogens is 2. The zero-order valence-electron chi connectivity index (χ0n) is 10.5. The number of fused-ring (bicyclic) bond motifs is 1. The number of rotatable bonds is 0. The van der Waals surface area contributed by atoms with Crippen molar-refractivity contribution < 1.29 is 8.78 Å². The maximum Gasteiger partial charge on any atom is 0.184 e. The van der Waals surface area contributed by atoms with Crippen LogP contribution in [0.4, 0.5) is 20.2 Å². The van der Waals surface area contributed by atoms with Crippen molar-refractivity contribution in [3.05, 3.63) is 23.8 Å². The van der Waals surface area contributed by atoms with Gasteiger partial charge >= 0.3 is 0 Å². The lowest BCUT2D eigenvalue weighted by Crippen LogP contribution is -2.50. The molecule has 2 aliphatic rings. The second-order valence-electron chi connectivity index (χ2n) is 5.74. The van der Waals surface area contributed by atoms with E-state index in [9.17, 15) is 8.78 Å². The molecule has 0 bridgehead atoms. The molecule has 3 rings (SSSR count). The van der Waals surface area contributed by atoms with Crippen molar-refractivity contribution in [1.82, 2.24) is 0 Å². The van der Waals surface area contributed by atoms with E-state index in [4.69, 9.17) is 0 Å². The summed E-state index contributed by atoms with van der Waals surface area (Å²) in [6.07, 6.45) is 4.39. The van der Waals surface area contributed by atoms with Crippen LogP contribution < -0.4 is 10.6 Å². The minimum atomic E-state index is -0.788.